The zero-order chi connectivity index (χ0) is 20.1. The van der Waals surface area contributed by atoms with E-state index in [0.29, 0.717) is 18.0 Å². The molecule has 0 saturated heterocycles. The lowest BCUT2D eigenvalue weighted by Gasteiger charge is -2.23. The van der Waals surface area contributed by atoms with Crippen molar-refractivity contribution in [3.63, 3.8) is 0 Å². The Balaban J connectivity index is 2.06. The van der Waals surface area contributed by atoms with Crippen LogP contribution in [0.5, 0.6) is 11.5 Å². The van der Waals surface area contributed by atoms with Gasteiger partial charge in [0.25, 0.3) is 0 Å². The molecule has 28 heavy (non-hydrogen) atoms. The molecule has 6 heteroatoms. The van der Waals surface area contributed by atoms with Gasteiger partial charge in [-0.15, -0.1) is 0 Å². The number of hydrogen-bond acceptors (Lipinski definition) is 4. The number of para-hydroxylation sites is 2. The van der Waals surface area contributed by atoms with Gasteiger partial charge in [-0.2, -0.15) is 0 Å². The van der Waals surface area contributed by atoms with Gasteiger partial charge < -0.3 is 25.1 Å². The monoisotopic (exact) mass is 381 g/mol. The molecule has 0 unspecified atom stereocenters. The maximum atomic E-state index is 12.0. The predicted octanol–water partition coefficient (Wildman–Crippen LogP) is 3.04. The summed E-state index contributed by atoms with van der Waals surface area (Å²) in [6.07, 6.45) is 2.03. The van der Waals surface area contributed by atoms with Gasteiger partial charge >= 0.3 is 0 Å². The fourth-order valence-electron chi connectivity index (χ4n) is 3.56. The third-order valence-electron chi connectivity index (χ3n) is 5.07. The Kier molecular flexibility index (Phi) is 6.21. The van der Waals surface area contributed by atoms with Crippen molar-refractivity contribution in [1.29, 1.82) is 0 Å². The SMILES string of the molecule is CNC(=O)[C@@H](C)NC[C@@H](c1cccc(OC)c1OC)c1c[nH]c2ccccc12. The first kappa shape index (κ1) is 19.8. The summed E-state index contributed by atoms with van der Waals surface area (Å²) in [5.74, 6) is 1.31. The number of methoxy groups -OCH3 is 2. The summed E-state index contributed by atoms with van der Waals surface area (Å²) in [5.41, 5.74) is 3.21. The number of H-pyrrole nitrogens is 1. The largest absolute Gasteiger partial charge is 0.493 e. The van der Waals surface area contributed by atoms with Crippen LogP contribution in [-0.4, -0.2) is 44.7 Å². The highest BCUT2D eigenvalue weighted by Crippen LogP contribution is 2.40. The van der Waals surface area contributed by atoms with E-state index in [0.717, 1.165) is 22.0 Å². The molecule has 2 aromatic carbocycles. The number of aromatic amines is 1. The molecular formula is C22H27N3O3. The molecular weight excluding hydrogens is 354 g/mol. The lowest BCUT2D eigenvalue weighted by atomic mass is 9.89. The highest BCUT2D eigenvalue weighted by molar-refractivity contribution is 5.84. The Morgan fingerprint density at radius 3 is 2.57 bits per heavy atom. The fraction of sp³-hybridized carbons (Fsp3) is 0.318. The molecule has 2 atom stereocenters. The van der Waals surface area contributed by atoms with Gasteiger partial charge in [0.1, 0.15) is 0 Å². The quantitative estimate of drug-likeness (QED) is 0.561. The number of rotatable bonds is 8. The molecule has 0 aliphatic carbocycles. The van der Waals surface area contributed by atoms with Crippen molar-refractivity contribution in [3.05, 3.63) is 59.8 Å². The standard InChI is InChI=1S/C22H27N3O3/c1-14(22(26)23-2)24-12-18(16-9-7-11-20(27-3)21(16)28-4)17-13-25-19-10-6-5-8-15(17)19/h5-11,13-14,18,24-25H,12H2,1-4H3,(H,23,26)/t14-,18+/m1/s1. The molecule has 3 rings (SSSR count). The number of fused-ring (bicyclic) bond motifs is 1. The molecule has 1 heterocycles. The predicted molar refractivity (Wildman–Crippen MR) is 111 cm³/mol. The molecule has 148 valence electrons. The normalized spacial score (nSPS) is 13.1. The second kappa shape index (κ2) is 8.80. The molecule has 0 bridgehead atoms. The van der Waals surface area contributed by atoms with Crippen LogP contribution in [0.3, 0.4) is 0 Å². The van der Waals surface area contributed by atoms with Crippen LogP contribution in [-0.2, 0) is 4.79 Å². The van der Waals surface area contributed by atoms with Crippen LogP contribution in [0.15, 0.2) is 48.7 Å². The zero-order valence-corrected chi connectivity index (χ0v) is 16.7. The van der Waals surface area contributed by atoms with Crippen LogP contribution < -0.4 is 20.1 Å². The highest BCUT2D eigenvalue weighted by atomic mass is 16.5. The topological polar surface area (TPSA) is 75.4 Å². The van der Waals surface area contributed by atoms with E-state index in [2.05, 4.69) is 27.8 Å². The highest BCUT2D eigenvalue weighted by Gasteiger charge is 2.24. The number of amides is 1. The molecule has 0 aliphatic heterocycles. The average molecular weight is 381 g/mol. The van der Waals surface area contributed by atoms with Crippen molar-refractivity contribution in [2.75, 3.05) is 27.8 Å². The minimum absolute atomic E-state index is 0.0340. The molecule has 1 aromatic heterocycles. The third kappa shape index (κ3) is 3.82. The number of nitrogens with one attached hydrogen (secondary N) is 3. The van der Waals surface area contributed by atoms with E-state index in [1.54, 1.807) is 21.3 Å². The minimum atomic E-state index is -0.311. The van der Waals surface area contributed by atoms with E-state index >= 15 is 0 Å². The van der Waals surface area contributed by atoms with Gasteiger partial charge in [0.15, 0.2) is 11.5 Å². The van der Waals surface area contributed by atoms with Gasteiger partial charge in [0, 0.05) is 42.2 Å². The minimum Gasteiger partial charge on any atom is -0.493 e. The van der Waals surface area contributed by atoms with Gasteiger partial charge in [0.2, 0.25) is 5.91 Å². The summed E-state index contributed by atoms with van der Waals surface area (Å²) in [4.78, 5) is 15.3. The molecule has 3 aromatic rings. The Labute approximate surface area is 165 Å². The lowest BCUT2D eigenvalue weighted by Crippen LogP contribution is -2.42. The van der Waals surface area contributed by atoms with Crippen LogP contribution >= 0.6 is 0 Å². The molecule has 0 fully saturated rings. The molecule has 0 radical (unpaired) electrons. The van der Waals surface area contributed by atoms with E-state index in [9.17, 15) is 4.79 Å². The lowest BCUT2D eigenvalue weighted by molar-refractivity contribution is -0.122. The maximum absolute atomic E-state index is 12.0. The number of carbonyl (C=O) groups excluding carboxylic acids is 1. The van der Waals surface area contributed by atoms with Gasteiger partial charge in [-0.25, -0.2) is 0 Å². The Morgan fingerprint density at radius 2 is 1.86 bits per heavy atom. The molecule has 0 saturated carbocycles. The second-order valence-corrected chi connectivity index (χ2v) is 6.67. The molecule has 0 spiro atoms. The molecule has 6 nitrogen and oxygen atoms in total. The summed E-state index contributed by atoms with van der Waals surface area (Å²) in [6.45, 7) is 2.42. The number of benzene rings is 2. The number of ether oxygens (including phenoxy) is 2. The van der Waals surface area contributed by atoms with Crippen LogP contribution in [0.2, 0.25) is 0 Å². The number of hydrogen-bond donors (Lipinski definition) is 3. The fourth-order valence-corrected chi connectivity index (χ4v) is 3.56. The first-order chi connectivity index (χ1) is 13.6. The van der Waals surface area contributed by atoms with E-state index in [4.69, 9.17) is 9.47 Å². The second-order valence-electron chi connectivity index (χ2n) is 6.67. The summed E-state index contributed by atoms with van der Waals surface area (Å²) >= 11 is 0. The van der Waals surface area contributed by atoms with E-state index < -0.39 is 0 Å². The van der Waals surface area contributed by atoms with E-state index in [1.165, 1.54) is 0 Å². The number of aromatic nitrogens is 1. The van der Waals surface area contributed by atoms with Crippen molar-refractivity contribution in [2.24, 2.45) is 0 Å². The van der Waals surface area contributed by atoms with Crippen molar-refractivity contribution in [1.82, 2.24) is 15.6 Å². The number of carbonyl (C=O) groups is 1. The first-order valence-electron chi connectivity index (χ1n) is 9.32. The summed E-state index contributed by atoms with van der Waals surface area (Å²) in [7, 11) is 4.92. The van der Waals surface area contributed by atoms with Gasteiger partial charge in [-0.1, -0.05) is 30.3 Å². The van der Waals surface area contributed by atoms with Crippen molar-refractivity contribution in [3.8, 4) is 11.5 Å². The average Bonchev–Trinajstić information content (AvgIpc) is 3.16. The van der Waals surface area contributed by atoms with Crippen LogP contribution in [0, 0.1) is 0 Å². The van der Waals surface area contributed by atoms with E-state index in [-0.39, 0.29) is 17.9 Å². The number of likely N-dealkylation sites (N-methyl/N-ethyl adjacent to an activating group) is 1. The summed E-state index contributed by atoms with van der Waals surface area (Å²) in [6, 6.07) is 13.8. The Bertz CT molecular complexity index is 951. The molecule has 0 aliphatic rings. The first-order valence-corrected chi connectivity index (χ1v) is 9.32. The van der Waals surface area contributed by atoms with Gasteiger partial charge in [0.05, 0.1) is 20.3 Å². The van der Waals surface area contributed by atoms with Gasteiger partial charge in [-0.05, 0) is 24.6 Å². The van der Waals surface area contributed by atoms with Crippen molar-refractivity contribution in [2.45, 2.75) is 18.9 Å². The Morgan fingerprint density at radius 1 is 1.07 bits per heavy atom. The van der Waals surface area contributed by atoms with E-state index in [1.807, 2.05) is 43.5 Å². The third-order valence-corrected chi connectivity index (χ3v) is 5.07. The van der Waals surface area contributed by atoms with Crippen molar-refractivity contribution < 1.29 is 14.3 Å². The Hall–Kier alpha value is -2.99. The van der Waals surface area contributed by atoms with Crippen LogP contribution in [0.1, 0.15) is 24.0 Å². The molecule has 3 N–H and O–H groups in total. The zero-order valence-electron chi connectivity index (χ0n) is 16.7. The maximum Gasteiger partial charge on any atom is 0.236 e. The van der Waals surface area contributed by atoms with Gasteiger partial charge in [-0.3, -0.25) is 4.79 Å². The van der Waals surface area contributed by atoms with Crippen LogP contribution in [0.4, 0.5) is 0 Å². The summed E-state index contributed by atoms with van der Waals surface area (Å²) < 4.78 is 11.2. The van der Waals surface area contributed by atoms with Crippen molar-refractivity contribution >= 4 is 16.8 Å². The summed E-state index contributed by atoms with van der Waals surface area (Å²) in [5, 5.41) is 7.18. The molecule has 1 amide bonds. The van der Waals surface area contributed by atoms with Crippen LogP contribution in [0.25, 0.3) is 10.9 Å². The smallest absolute Gasteiger partial charge is 0.236 e.